The lowest BCUT2D eigenvalue weighted by Gasteiger charge is -2.23. The Hall–Kier alpha value is 0.940. The maximum absolute atomic E-state index is 12.0. The second kappa shape index (κ2) is 6.21. The third-order valence-corrected chi connectivity index (χ3v) is 7.44. The lowest BCUT2D eigenvalue weighted by Crippen LogP contribution is -2.26. The Morgan fingerprint density at radius 2 is 2.06 bits per heavy atom. The second-order valence-electron chi connectivity index (χ2n) is 3.76. The van der Waals surface area contributed by atoms with E-state index in [-0.39, 0.29) is 12.5 Å². The van der Waals surface area contributed by atoms with E-state index in [0.29, 0.717) is 11.5 Å². The molecule has 1 rings (SSSR count). The van der Waals surface area contributed by atoms with E-state index < -0.39 is 19.8 Å². The Morgan fingerprint density at radius 3 is 2.50 bits per heavy atom. The Bertz CT molecular complexity index is 427. The molecule has 0 unspecified atom stereocenters. The highest BCUT2D eigenvalue weighted by atomic mass is 127. The van der Waals surface area contributed by atoms with Crippen molar-refractivity contribution in [1.29, 1.82) is 0 Å². The minimum absolute atomic E-state index is 0.179. The summed E-state index contributed by atoms with van der Waals surface area (Å²) in [6.07, 6.45) is 2.48. The number of hydrogen-bond donors (Lipinski definition) is 0. The number of halogens is 1. The molecule has 0 bridgehead atoms. The predicted octanol–water partition coefficient (Wildman–Crippen LogP) is 1.84. The first-order valence-corrected chi connectivity index (χ1v) is 11.7. The first-order valence-electron chi connectivity index (χ1n) is 4.69. The zero-order chi connectivity index (χ0) is 12.2. The molecule has 0 aromatic heterocycles. The summed E-state index contributed by atoms with van der Waals surface area (Å²) in [6.45, 7) is 0.200. The number of rotatable bonds is 4. The monoisotopic (exact) mass is 399 g/mol. The van der Waals surface area contributed by atoms with Gasteiger partial charge in [-0.1, -0.05) is 0 Å². The van der Waals surface area contributed by atoms with Gasteiger partial charge < -0.3 is 0 Å². The molecule has 0 saturated carbocycles. The van der Waals surface area contributed by atoms with Gasteiger partial charge in [-0.25, -0.2) is 4.21 Å². The lowest BCUT2D eigenvalue weighted by atomic mass is 10.1. The Morgan fingerprint density at radius 1 is 1.50 bits per heavy atom. The molecular formula is C7H14INO4S3. The molecule has 0 aliphatic carbocycles. The molecule has 9 heteroatoms. The van der Waals surface area contributed by atoms with Gasteiger partial charge in [0.05, 0.1) is 31.7 Å². The molecule has 0 aromatic carbocycles. The summed E-state index contributed by atoms with van der Waals surface area (Å²) in [5.74, 6) is 1.26. The fourth-order valence-corrected chi connectivity index (χ4v) is 7.15. The van der Waals surface area contributed by atoms with Crippen molar-refractivity contribution in [1.82, 2.24) is 0 Å². The van der Waals surface area contributed by atoms with Crippen molar-refractivity contribution in [3.63, 3.8) is 0 Å². The fourth-order valence-electron chi connectivity index (χ4n) is 1.46. The van der Waals surface area contributed by atoms with Crippen molar-refractivity contribution in [2.24, 2.45) is 9.69 Å². The molecule has 1 fully saturated rings. The Balaban J connectivity index is 2.44. The van der Waals surface area contributed by atoms with Crippen LogP contribution in [-0.2, 0) is 24.0 Å². The van der Waals surface area contributed by atoms with Crippen molar-refractivity contribution < 1.29 is 16.8 Å². The van der Waals surface area contributed by atoms with Gasteiger partial charge in [-0.05, 0) is 18.8 Å². The summed E-state index contributed by atoms with van der Waals surface area (Å²) in [5, 5.41) is 0. The van der Waals surface area contributed by atoms with Crippen molar-refractivity contribution in [2.75, 3.05) is 24.4 Å². The normalized spacial score (nSPS) is 31.2. The predicted molar refractivity (Wildman–Crippen MR) is 75.4 cm³/mol. The summed E-state index contributed by atoms with van der Waals surface area (Å²) in [5.41, 5.74) is 0. The van der Waals surface area contributed by atoms with Gasteiger partial charge in [0.2, 0.25) is 0 Å². The molecule has 0 amide bonds. The van der Waals surface area contributed by atoms with E-state index in [9.17, 15) is 12.6 Å². The maximum atomic E-state index is 12.0. The van der Waals surface area contributed by atoms with Crippen molar-refractivity contribution >= 4 is 50.2 Å². The van der Waals surface area contributed by atoms with E-state index in [0.717, 1.165) is 19.1 Å². The van der Waals surface area contributed by atoms with Crippen LogP contribution in [0.2, 0.25) is 0 Å². The van der Waals surface area contributed by atoms with Crippen LogP contribution in [0, 0.1) is 5.92 Å². The highest BCUT2D eigenvalue weighted by Gasteiger charge is 2.23. The SMILES string of the molecule is CS(=O)(=O)OCC1CCS(=O)(=NSI)CC1. The van der Waals surface area contributed by atoms with Gasteiger partial charge in [0, 0.05) is 32.7 Å². The summed E-state index contributed by atoms with van der Waals surface area (Å²) in [4.78, 5) is 0. The van der Waals surface area contributed by atoms with Gasteiger partial charge in [0.15, 0.2) is 0 Å². The summed E-state index contributed by atoms with van der Waals surface area (Å²) < 4.78 is 42.4. The van der Waals surface area contributed by atoms with Gasteiger partial charge in [-0.3, -0.25) is 4.18 Å². The second-order valence-corrected chi connectivity index (χ2v) is 9.68. The van der Waals surface area contributed by atoms with E-state index in [1.807, 2.05) is 21.2 Å². The van der Waals surface area contributed by atoms with Crippen LogP contribution in [-0.4, -0.2) is 37.0 Å². The first kappa shape index (κ1) is 15.0. The van der Waals surface area contributed by atoms with E-state index in [1.54, 1.807) is 0 Å². The van der Waals surface area contributed by atoms with Crippen LogP contribution in [0.4, 0.5) is 0 Å². The average Bonchev–Trinajstić information content (AvgIpc) is 2.16. The maximum Gasteiger partial charge on any atom is 0.264 e. The van der Waals surface area contributed by atoms with Gasteiger partial charge in [-0.15, -0.1) is 0 Å². The molecule has 0 spiro atoms. The van der Waals surface area contributed by atoms with Gasteiger partial charge in [0.25, 0.3) is 10.1 Å². The van der Waals surface area contributed by atoms with Crippen LogP contribution in [0.1, 0.15) is 12.8 Å². The van der Waals surface area contributed by atoms with E-state index in [2.05, 4.69) is 3.77 Å². The van der Waals surface area contributed by atoms with Crippen LogP contribution in [0.5, 0.6) is 0 Å². The van der Waals surface area contributed by atoms with E-state index in [4.69, 9.17) is 4.18 Å². The first-order chi connectivity index (χ1) is 7.35. The van der Waals surface area contributed by atoms with Gasteiger partial charge >= 0.3 is 0 Å². The van der Waals surface area contributed by atoms with Crippen LogP contribution in [0.25, 0.3) is 0 Å². The molecule has 96 valence electrons. The van der Waals surface area contributed by atoms with Crippen LogP contribution >= 0.6 is 30.3 Å². The Kier molecular flexibility index (Phi) is 5.82. The van der Waals surface area contributed by atoms with Crippen LogP contribution in [0.3, 0.4) is 0 Å². The zero-order valence-electron chi connectivity index (χ0n) is 8.80. The molecular weight excluding hydrogens is 385 g/mol. The average molecular weight is 399 g/mol. The van der Waals surface area contributed by atoms with E-state index >= 15 is 0 Å². The molecule has 0 radical (unpaired) electrons. The number of hydrogen-bond acceptors (Lipinski definition) is 6. The summed E-state index contributed by atoms with van der Waals surface area (Å²) in [7, 11) is -4.20. The molecule has 1 aliphatic rings. The molecule has 1 aliphatic heterocycles. The fraction of sp³-hybridized carbons (Fsp3) is 1.00. The van der Waals surface area contributed by atoms with Crippen LogP contribution < -0.4 is 0 Å². The standard InChI is InChI=1S/C7H14INO4S3/c1-15(10,11)13-6-7-2-4-16(12,5-3-7)9-14-8/h7H,2-6H2,1H3. The molecule has 0 aromatic rings. The quantitative estimate of drug-likeness (QED) is 0.410. The third kappa shape index (κ3) is 5.52. The van der Waals surface area contributed by atoms with Crippen LogP contribution in [0.15, 0.2) is 3.77 Å². The highest BCUT2D eigenvalue weighted by molar-refractivity contribution is 14.2. The van der Waals surface area contributed by atoms with Gasteiger partial charge in [0.1, 0.15) is 0 Å². The molecule has 1 heterocycles. The largest absolute Gasteiger partial charge is 0.270 e. The minimum Gasteiger partial charge on any atom is -0.270 e. The molecule has 0 atom stereocenters. The molecule has 16 heavy (non-hydrogen) atoms. The molecule has 1 saturated heterocycles. The van der Waals surface area contributed by atoms with Gasteiger partial charge in [-0.2, -0.15) is 12.2 Å². The Labute approximate surface area is 113 Å². The van der Waals surface area contributed by atoms with Crippen molar-refractivity contribution in [2.45, 2.75) is 12.8 Å². The lowest BCUT2D eigenvalue weighted by molar-refractivity contribution is 0.246. The minimum atomic E-state index is -3.36. The molecule has 5 nitrogen and oxygen atoms in total. The zero-order valence-corrected chi connectivity index (χ0v) is 13.4. The van der Waals surface area contributed by atoms with Crippen molar-refractivity contribution in [3.05, 3.63) is 0 Å². The van der Waals surface area contributed by atoms with E-state index in [1.165, 1.54) is 9.12 Å². The van der Waals surface area contributed by atoms with Crippen molar-refractivity contribution in [3.8, 4) is 0 Å². The highest BCUT2D eigenvalue weighted by Crippen LogP contribution is 2.25. The molecule has 0 N–H and O–H groups in total. The summed E-state index contributed by atoms with van der Waals surface area (Å²) >= 11 is 2.00. The summed E-state index contributed by atoms with van der Waals surface area (Å²) in [6, 6.07) is 0. The number of nitrogens with zero attached hydrogens (tertiary/aromatic N) is 1. The third-order valence-electron chi connectivity index (χ3n) is 2.37. The topological polar surface area (TPSA) is 72.8 Å². The smallest absolute Gasteiger partial charge is 0.264 e.